The Morgan fingerprint density at radius 1 is 1.40 bits per heavy atom. The summed E-state index contributed by atoms with van der Waals surface area (Å²) in [6.45, 7) is 4.30. The summed E-state index contributed by atoms with van der Waals surface area (Å²) in [5.41, 5.74) is 0.513. The molecular formula is C12H13FO2. The quantitative estimate of drug-likeness (QED) is 0.408. The molecule has 0 atom stereocenters. The first-order chi connectivity index (χ1) is 7.24. The molecule has 3 heteroatoms. The summed E-state index contributed by atoms with van der Waals surface area (Å²) < 4.78 is 17.6. The molecule has 15 heavy (non-hydrogen) atoms. The second-order valence-electron chi connectivity index (χ2n) is 3.04. The molecule has 0 aliphatic carbocycles. The number of benzene rings is 1. The van der Waals surface area contributed by atoms with E-state index in [1.54, 1.807) is 6.08 Å². The Kier molecular flexibility index (Phi) is 4.71. The van der Waals surface area contributed by atoms with Gasteiger partial charge in [0.25, 0.3) is 0 Å². The molecule has 0 heterocycles. The van der Waals surface area contributed by atoms with Crippen LogP contribution in [-0.2, 0) is 4.74 Å². The van der Waals surface area contributed by atoms with Crippen molar-refractivity contribution in [3.63, 3.8) is 0 Å². The smallest absolute Gasteiger partial charge is 0.165 e. The van der Waals surface area contributed by atoms with E-state index in [0.29, 0.717) is 25.2 Å². The van der Waals surface area contributed by atoms with Crippen molar-refractivity contribution in [2.24, 2.45) is 0 Å². The summed E-state index contributed by atoms with van der Waals surface area (Å²) in [6.07, 6.45) is 1.93. The van der Waals surface area contributed by atoms with Crippen molar-refractivity contribution in [2.75, 3.05) is 13.2 Å². The summed E-state index contributed by atoms with van der Waals surface area (Å²) in [5, 5.41) is 0. The van der Waals surface area contributed by atoms with Crippen molar-refractivity contribution in [2.45, 2.75) is 6.42 Å². The molecule has 1 aromatic carbocycles. The lowest BCUT2D eigenvalue weighted by atomic mass is 10.1. The molecule has 1 rings (SSSR count). The summed E-state index contributed by atoms with van der Waals surface area (Å²) in [5.74, 6) is -0.381. The standard InChI is InChI=1S/C12H13FO2/c1-2-8-15-9-7-12(14)10-3-5-11(13)6-4-10/h2-6H,1,7-9H2. The van der Waals surface area contributed by atoms with E-state index in [1.165, 1.54) is 24.3 Å². The molecule has 1 aromatic rings. The third-order valence-corrected chi connectivity index (χ3v) is 1.88. The Morgan fingerprint density at radius 2 is 2.07 bits per heavy atom. The van der Waals surface area contributed by atoms with Gasteiger partial charge >= 0.3 is 0 Å². The van der Waals surface area contributed by atoms with Gasteiger partial charge < -0.3 is 4.74 Å². The second kappa shape index (κ2) is 6.09. The van der Waals surface area contributed by atoms with E-state index in [2.05, 4.69) is 6.58 Å². The zero-order valence-corrected chi connectivity index (χ0v) is 8.41. The molecular weight excluding hydrogens is 195 g/mol. The first kappa shape index (κ1) is 11.6. The SMILES string of the molecule is C=CCOCCC(=O)c1ccc(F)cc1. The number of Topliss-reactive ketones (excluding diaryl/α,β-unsaturated/α-hetero) is 1. The van der Waals surface area contributed by atoms with Gasteiger partial charge in [0.05, 0.1) is 13.2 Å². The zero-order chi connectivity index (χ0) is 11.1. The van der Waals surface area contributed by atoms with Crippen molar-refractivity contribution in [3.05, 3.63) is 48.3 Å². The molecule has 0 aromatic heterocycles. The predicted molar refractivity (Wildman–Crippen MR) is 56.4 cm³/mol. The van der Waals surface area contributed by atoms with Gasteiger partial charge in [-0.15, -0.1) is 6.58 Å². The van der Waals surface area contributed by atoms with Crippen LogP contribution in [0.25, 0.3) is 0 Å². The van der Waals surface area contributed by atoms with Crippen molar-refractivity contribution >= 4 is 5.78 Å². The lowest BCUT2D eigenvalue weighted by Gasteiger charge is -2.01. The minimum absolute atomic E-state index is 0.0425. The third kappa shape index (κ3) is 4.04. The normalized spacial score (nSPS) is 9.93. The maximum absolute atomic E-state index is 12.6. The number of ketones is 1. The minimum Gasteiger partial charge on any atom is -0.377 e. The van der Waals surface area contributed by atoms with E-state index in [1.807, 2.05) is 0 Å². The zero-order valence-electron chi connectivity index (χ0n) is 8.41. The van der Waals surface area contributed by atoms with Crippen LogP contribution in [0.3, 0.4) is 0 Å². The number of ether oxygens (including phenoxy) is 1. The summed E-state index contributed by atoms with van der Waals surface area (Å²) in [6, 6.07) is 5.51. The van der Waals surface area contributed by atoms with Crippen LogP contribution in [0, 0.1) is 5.82 Å². The van der Waals surface area contributed by atoms with Crippen molar-refractivity contribution in [1.29, 1.82) is 0 Å². The fourth-order valence-electron chi connectivity index (χ4n) is 1.11. The fraction of sp³-hybridized carbons (Fsp3) is 0.250. The van der Waals surface area contributed by atoms with Gasteiger partial charge in [0.15, 0.2) is 5.78 Å². The monoisotopic (exact) mass is 208 g/mol. The van der Waals surface area contributed by atoms with Gasteiger partial charge in [0.2, 0.25) is 0 Å². The number of halogens is 1. The summed E-state index contributed by atoms with van der Waals surface area (Å²) in [7, 11) is 0. The molecule has 0 bridgehead atoms. The molecule has 0 fully saturated rings. The number of hydrogen-bond acceptors (Lipinski definition) is 2. The van der Waals surface area contributed by atoms with Gasteiger partial charge in [0, 0.05) is 12.0 Å². The second-order valence-corrected chi connectivity index (χ2v) is 3.04. The van der Waals surface area contributed by atoms with E-state index in [0.717, 1.165) is 0 Å². The van der Waals surface area contributed by atoms with Crippen LogP contribution in [0.2, 0.25) is 0 Å². The third-order valence-electron chi connectivity index (χ3n) is 1.88. The van der Waals surface area contributed by atoms with E-state index in [-0.39, 0.29) is 11.6 Å². The summed E-state index contributed by atoms with van der Waals surface area (Å²) in [4.78, 5) is 11.5. The molecule has 0 amide bonds. The Hall–Kier alpha value is -1.48. The number of hydrogen-bond donors (Lipinski definition) is 0. The van der Waals surface area contributed by atoms with Crippen LogP contribution in [0.15, 0.2) is 36.9 Å². The van der Waals surface area contributed by atoms with Crippen molar-refractivity contribution in [1.82, 2.24) is 0 Å². The lowest BCUT2D eigenvalue weighted by Crippen LogP contribution is -2.04. The Balaban J connectivity index is 2.40. The average molecular weight is 208 g/mol. The number of carbonyl (C=O) groups is 1. The maximum atomic E-state index is 12.6. The Labute approximate surface area is 88.4 Å². The first-order valence-corrected chi connectivity index (χ1v) is 4.71. The first-order valence-electron chi connectivity index (χ1n) is 4.71. The van der Waals surface area contributed by atoms with Gasteiger partial charge in [-0.05, 0) is 24.3 Å². The van der Waals surface area contributed by atoms with Crippen LogP contribution >= 0.6 is 0 Å². The molecule has 80 valence electrons. The predicted octanol–water partition coefficient (Wildman–Crippen LogP) is 2.60. The molecule has 0 aliphatic rings. The summed E-state index contributed by atoms with van der Waals surface area (Å²) >= 11 is 0. The average Bonchev–Trinajstić information content (AvgIpc) is 2.25. The topological polar surface area (TPSA) is 26.3 Å². The highest BCUT2D eigenvalue weighted by Crippen LogP contribution is 2.05. The van der Waals surface area contributed by atoms with E-state index >= 15 is 0 Å². The van der Waals surface area contributed by atoms with Gasteiger partial charge in [0.1, 0.15) is 5.82 Å². The van der Waals surface area contributed by atoms with Crippen LogP contribution in [0.4, 0.5) is 4.39 Å². The largest absolute Gasteiger partial charge is 0.377 e. The van der Waals surface area contributed by atoms with Crippen LogP contribution in [-0.4, -0.2) is 19.0 Å². The number of carbonyl (C=O) groups excluding carboxylic acids is 1. The lowest BCUT2D eigenvalue weighted by molar-refractivity contribution is 0.0910. The molecule has 0 unspecified atom stereocenters. The van der Waals surface area contributed by atoms with Crippen molar-refractivity contribution in [3.8, 4) is 0 Å². The van der Waals surface area contributed by atoms with E-state index in [4.69, 9.17) is 4.74 Å². The van der Waals surface area contributed by atoms with E-state index < -0.39 is 0 Å². The highest BCUT2D eigenvalue weighted by Gasteiger charge is 2.04. The molecule has 0 saturated carbocycles. The van der Waals surface area contributed by atoms with Crippen LogP contribution < -0.4 is 0 Å². The van der Waals surface area contributed by atoms with Crippen LogP contribution in [0.1, 0.15) is 16.8 Å². The van der Waals surface area contributed by atoms with Gasteiger partial charge in [-0.25, -0.2) is 4.39 Å². The van der Waals surface area contributed by atoms with Gasteiger partial charge in [-0.1, -0.05) is 6.08 Å². The Bertz CT molecular complexity index is 330. The molecule has 0 spiro atoms. The highest BCUT2D eigenvalue weighted by molar-refractivity contribution is 5.96. The molecule has 0 N–H and O–H groups in total. The van der Waals surface area contributed by atoms with Crippen molar-refractivity contribution < 1.29 is 13.9 Å². The molecule has 0 radical (unpaired) electrons. The molecule has 2 nitrogen and oxygen atoms in total. The fourth-order valence-corrected chi connectivity index (χ4v) is 1.11. The Morgan fingerprint density at radius 3 is 2.67 bits per heavy atom. The highest BCUT2D eigenvalue weighted by atomic mass is 19.1. The van der Waals surface area contributed by atoms with E-state index in [9.17, 15) is 9.18 Å². The minimum atomic E-state index is -0.338. The molecule has 0 saturated heterocycles. The maximum Gasteiger partial charge on any atom is 0.165 e. The van der Waals surface area contributed by atoms with Crippen LogP contribution in [0.5, 0.6) is 0 Å². The molecule has 0 aliphatic heterocycles. The van der Waals surface area contributed by atoms with Gasteiger partial charge in [-0.2, -0.15) is 0 Å². The number of rotatable bonds is 6. The van der Waals surface area contributed by atoms with Gasteiger partial charge in [-0.3, -0.25) is 4.79 Å².